The average molecular weight is 145 g/mol. The first kappa shape index (κ1) is 8.90. The highest BCUT2D eigenvalue weighted by molar-refractivity contribution is 5.77. The van der Waals surface area contributed by atoms with Crippen LogP contribution < -0.4 is 11.5 Å². The Balaban J connectivity index is 3.59. The van der Waals surface area contributed by atoms with E-state index in [1.807, 2.05) is 0 Å². The summed E-state index contributed by atoms with van der Waals surface area (Å²) < 4.78 is 0. The van der Waals surface area contributed by atoms with Crippen LogP contribution in [0, 0.1) is 0 Å². The number of primary amides is 1. The van der Waals surface area contributed by atoms with Gasteiger partial charge in [0, 0.05) is 13.1 Å². The normalized spacial score (nSPS) is 8.90. The first-order valence-corrected chi connectivity index (χ1v) is 2.88. The van der Waals surface area contributed by atoms with Gasteiger partial charge in [0.05, 0.1) is 6.54 Å². The van der Waals surface area contributed by atoms with Crippen molar-refractivity contribution in [3.8, 4) is 0 Å². The maximum atomic E-state index is 10.2. The van der Waals surface area contributed by atoms with Gasteiger partial charge in [0.2, 0.25) is 12.3 Å². The third-order valence-electron chi connectivity index (χ3n) is 0.924. The molecule has 0 aliphatic carbocycles. The van der Waals surface area contributed by atoms with Crippen LogP contribution in [0.3, 0.4) is 0 Å². The molecule has 0 bridgehead atoms. The van der Waals surface area contributed by atoms with Gasteiger partial charge < -0.3 is 16.4 Å². The third kappa shape index (κ3) is 3.85. The SMILES string of the molecule is NCCN(C=O)CC(N)=O. The maximum absolute atomic E-state index is 10.2. The van der Waals surface area contributed by atoms with Gasteiger partial charge in [-0.15, -0.1) is 0 Å². The summed E-state index contributed by atoms with van der Waals surface area (Å²) >= 11 is 0. The monoisotopic (exact) mass is 145 g/mol. The predicted molar refractivity (Wildman–Crippen MR) is 35.9 cm³/mol. The van der Waals surface area contributed by atoms with Crippen molar-refractivity contribution in [2.45, 2.75) is 0 Å². The molecule has 0 aromatic heterocycles. The molecule has 0 heterocycles. The number of hydrogen-bond acceptors (Lipinski definition) is 3. The number of nitrogens with zero attached hydrogens (tertiary/aromatic N) is 1. The fourth-order valence-corrected chi connectivity index (χ4v) is 0.535. The Bertz CT molecular complexity index is 126. The molecule has 5 heteroatoms. The van der Waals surface area contributed by atoms with Gasteiger partial charge in [0.25, 0.3) is 0 Å². The van der Waals surface area contributed by atoms with Gasteiger partial charge in [-0.2, -0.15) is 0 Å². The summed E-state index contributed by atoms with van der Waals surface area (Å²) in [5.74, 6) is -0.527. The van der Waals surface area contributed by atoms with Crippen LogP contribution in [0.1, 0.15) is 0 Å². The molecule has 0 aromatic carbocycles. The summed E-state index contributed by atoms with van der Waals surface area (Å²) in [6.45, 7) is 0.652. The van der Waals surface area contributed by atoms with Crippen LogP contribution in [0.5, 0.6) is 0 Å². The van der Waals surface area contributed by atoms with E-state index in [0.29, 0.717) is 19.5 Å². The molecule has 0 fully saturated rings. The van der Waals surface area contributed by atoms with Crippen LogP contribution in [0.15, 0.2) is 0 Å². The van der Waals surface area contributed by atoms with E-state index >= 15 is 0 Å². The van der Waals surface area contributed by atoms with E-state index < -0.39 is 5.91 Å². The zero-order chi connectivity index (χ0) is 7.98. The lowest BCUT2D eigenvalue weighted by Gasteiger charge is -2.12. The second kappa shape index (κ2) is 4.75. The molecular formula is C5H11N3O2. The van der Waals surface area contributed by atoms with Crippen LogP contribution in [0.4, 0.5) is 0 Å². The minimum absolute atomic E-state index is 0.0549. The standard InChI is InChI=1S/C5H11N3O2/c6-1-2-8(4-9)3-5(7)10/h4H,1-3,6H2,(H2,7,10). The van der Waals surface area contributed by atoms with Crippen molar-refractivity contribution in [3.05, 3.63) is 0 Å². The van der Waals surface area contributed by atoms with E-state index in [4.69, 9.17) is 11.5 Å². The van der Waals surface area contributed by atoms with Crippen LogP contribution in [0.2, 0.25) is 0 Å². The number of carbonyl (C=O) groups is 2. The Kier molecular flexibility index (Phi) is 4.23. The highest BCUT2D eigenvalue weighted by atomic mass is 16.2. The molecule has 4 N–H and O–H groups in total. The van der Waals surface area contributed by atoms with E-state index in [1.54, 1.807) is 0 Å². The molecule has 0 aliphatic heterocycles. The number of hydrogen-bond donors (Lipinski definition) is 2. The molecule has 0 saturated carbocycles. The van der Waals surface area contributed by atoms with E-state index in [9.17, 15) is 9.59 Å². The lowest BCUT2D eigenvalue weighted by Crippen LogP contribution is -2.35. The van der Waals surface area contributed by atoms with Crippen molar-refractivity contribution < 1.29 is 9.59 Å². The molecule has 0 aromatic rings. The van der Waals surface area contributed by atoms with Gasteiger partial charge in [-0.3, -0.25) is 9.59 Å². The Hall–Kier alpha value is -1.10. The third-order valence-corrected chi connectivity index (χ3v) is 0.924. The van der Waals surface area contributed by atoms with Crippen molar-refractivity contribution in [1.82, 2.24) is 4.90 Å². The molecule has 0 atom stereocenters. The summed E-state index contributed by atoms with van der Waals surface area (Å²) in [7, 11) is 0. The van der Waals surface area contributed by atoms with Crippen LogP contribution in [0.25, 0.3) is 0 Å². The second-order valence-corrected chi connectivity index (χ2v) is 1.83. The zero-order valence-electron chi connectivity index (χ0n) is 5.62. The predicted octanol–water partition coefficient (Wildman–Crippen LogP) is -2.11. The van der Waals surface area contributed by atoms with Gasteiger partial charge in [-0.05, 0) is 0 Å². The van der Waals surface area contributed by atoms with E-state index in [-0.39, 0.29) is 6.54 Å². The molecule has 0 unspecified atom stereocenters. The fourth-order valence-electron chi connectivity index (χ4n) is 0.535. The molecule has 0 spiro atoms. The second-order valence-electron chi connectivity index (χ2n) is 1.83. The fraction of sp³-hybridized carbons (Fsp3) is 0.600. The van der Waals surface area contributed by atoms with Crippen LogP contribution in [-0.4, -0.2) is 36.9 Å². The van der Waals surface area contributed by atoms with Crippen LogP contribution in [-0.2, 0) is 9.59 Å². The molecular weight excluding hydrogens is 134 g/mol. The number of amides is 2. The Morgan fingerprint density at radius 3 is 2.50 bits per heavy atom. The van der Waals surface area contributed by atoms with Gasteiger partial charge in [-0.1, -0.05) is 0 Å². The van der Waals surface area contributed by atoms with Crippen molar-refractivity contribution in [1.29, 1.82) is 0 Å². The zero-order valence-corrected chi connectivity index (χ0v) is 5.62. The summed E-state index contributed by atoms with van der Waals surface area (Å²) in [6.07, 6.45) is 0.553. The van der Waals surface area contributed by atoms with Gasteiger partial charge in [-0.25, -0.2) is 0 Å². The van der Waals surface area contributed by atoms with E-state index in [2.05, 4.69) is 0 Å². The lowest BCUT2D eigenvalue weighted by molar-refractivity contribution is -0.126. The van der Waals surface area contributed by atoms with Crippen molar-refractivity contribution in [2.24, 2.45) is 11.5 Å². The Morgan fingerprint density at radius 1 is 1.60 bits per heavy atom. The van der Waals surface area contributed by atoms with Gasteiger partial charge >= 0.3 is 0 Å². The smallest absolute Gasteiger partial charge is 0.237 e. The van der Waals surface area contributed by atoms with Crippen molar-refractivity contribution in [3.63, 3.8) is 0 Å². The maximum Gasteiger partial charge on any atom is 0.237 e. The number of rotatable bonds is 5. The first-order valence-electron chi connectivity index (χ1n) is 2.88. The van der Waals surface area contributed by atoms with Crippen molar-refractivity contribution >= 4 is 12.3 Å². The molecule has 10 heavy (non-hydrogen) atoms. The molecule has 58 valence electrons. The lowest BCUT2D eigenvalue weighted by atomic mass is 10.5. The minimum atomic E-state index is -0.527. The summed E-state index contributed by atoms with van der Waals surface area (Å²) in [6, 6.07) is 0. The van der Waals surface area contributed by atoms with Gasteiger partial charge in [0.1, 0.15) is 0 Å². The molecule has 0 aliphatic rings. The Morgan fingerprint density at radius 2 is 2.20 bits per heavy atom. The highest BCUT2D eigenvalue weighted by Gasteiger charge is 2.02. The quantitative estimate of drug-likeness (QED) is 0.434. The number of nitrogens with two attached hydrogens (primary N) is 2. The molecule has 5 nitrogen and oxygen atoms in total. The topological polar surface area (TPSA) is 89.4 Å². The molecule has 0 radical (unpaired) electrons. The molecule has 0 rings (SSSR count). The van der Waals surface area contributed by atoms with Crippen molar-refractivity contribution in [2.75, 3.05) is 19.6 Å². The molecule has 0 saturated heterocycles. The van der Waals surface area contributed by atoms with E-state index in [0.717, 1.165) is 0 Å². The summed E-state index contributed by atoms with van der Waals surface area (Å²) in [5.41, 5.74) is 9.95. The molecule has 2 amide bonds. The first-order chi connectivity index (χ1) is 4.70. The van der Waals surface area contributed by atoms with Gasteiger partial charge in [0.15, 0.2) is 0 Å². The average Bonchev–Trinajstić information content (AvgIpc) is 1.86. The highest BCUT2D eigenvalue weighted by Crippen LogP contribution is 1.77. The summed E-state index contributed by atoms with van der Waals surface area (Å²) in [4.78, 5) is 21.5. The van der Waals surface area contributed by atoms with Crippen LogP contribution >= 0.6 is 0 Å². The largest absolute Gasteiger partial charge is 0.368 e. The minimum Gasteiger partial charge on any atom is -0.368 e. The summed E-state index contributed by atoms with van der Waals surface area (Å²) in [5, 5.41) is 0. The number of carbonyl (C=O) groups excluding carboxylic acids is 2. The Labute approximate surface area is 59.0 Å². The van der Waals surface area contributed by atoms with E-state index in [1.165, 1.54) is 4.90 Å².